The van der Waals surface area contributed by atoms with Crippen LogP contribution in [0.25, 0.3) is 11.3 Å². The summed E-state index contributed by atoms with van der Waals surface area (Å²) in [7, 11) is 1.64. The predicted molar refractivity (Wildman–Crippen MR) is 112 cm³/mol. The van der Waals surface area contributed by atoms with Crippen LogP contribution in [0.2, 0.25) is 0 Å². The van der Waals surface area contributed by atoms with Crippen molar-refractivity contribution in [2.24, 2.45) is 5.10 Å². The largest absolute Gasteiger partial charge is 1.00 e. The van der Waals surface area contributed by atoms with Crippen LogP contribution in [-0.4, -0.2) is 17.6 Å². The zero-order valence-corrected chi connectivity index (χ0v) is 19.1. The Morgan fingerprint density at radius 2 is 1.93 bits per heavy atom. The lowest BCUT2D eigenvalue weighted by Gasteiger charge is -2.07. The fourth-order valence-corrected chi connectivity index (χ4v) is 3.62. The molecule has 3 aromatic rings. The summed E-state index contributed by atoms with van der Waals surface area (Å²) in [4.78, 5) is 13.0. The minimum atomic E-state index is -0.257. The lowest BCUT2D eigenvalue weighted by molar-refractivity contribution is -0.0000138. The van der Waals surface area contributed by atoms with E-state index < -0.39 is 0 Å². The number of ether oxygens (including phenoxy) is 1. The number of carbonyl (C=O) groups is 1. The number of allylic oxidation sites excluding steroid dienone is 1. The van der Waals surface area contributed by atoms with Crippen LogP contribution >= 0.6 is 27.3 Å². The second-order valence-corrected chi connectivity index (χ2v) is 7.34. The second kappa shape index (κ2) is 10.4. The van der Waals surface area contributed by atoms with Crippen molar-refractivity contribution in [3.63, 3.8) is 0 Å². The van der Waals surface area contributed by atoms with Crippen molar-refractivity contribution in [1.82, 2.24) is 9.99 Å². The van der Waals surface area contributed by atoms with Crippen LogP contribution in [-0.2, 0) is 6.54 Å². The molecule has 0 saturated heterocycles. The second-order valence-electron chi connectivity index (χ2n) is 5.59. The molecule has 0 unspecified atom stereocenters. The number of methoxy groups -OCH3 is 1. The van der Waals surface area contributed by atoms with Gasteiger partial charge in [-0.25, -0.2) is 5.43 Å². The average molecular weight is 524 g/mol. The van der Waals surface area contributed by atoms with Crippen LogP contribution in [0.1, 0.15) is 10.4 Å². The minimum absolute atomic E-state index is 0. The zero-order valence-electron chi connectivity index (χ0n) is 15.1. The van der Waals surface area contributed by atoms with Crippen molar-refractivity contribution in [1.29, 1.82) is 0 Å². The maximum Gasteiger partial charge on any atom is 0.271 e. The smallest absolute Gasteiger partial charge is 0.271 e. The van der Waals surface area contributed by atoms with Gasteiger partial charge in [0.05, 0.1) is 12.8 Å². The predicted octanol–water partition coefficient (Wildman–Crippen LogP) is 1.42. The van der Waals surface area contributed by atoms with Crippen LogP contribution in [0.15, 0.2) is 76.1 Å². The highest BCUT2D eigenvalue weighted by molar-refractivity contribution is 9.10. The molecule has 1 amide bonds. The Balaban J connectivity index is 0.00000280. The van der Waals surface area contributed by atoms with Gasteiger partial charge in [0.2, 0.25) is 4.80 Å². The first-order valence-electron chi connectivity index (χ1n) is 8.15. The van der Waals surface area contributed by atoms with E-state index in [2.05, 4.69) is 33.0 Å². The maximum absolute atomic E-state index is 12.3. The van der Waals surface area contributed by atoms with Crippen molar-refractivity contribution in [2.75, 3.05) is 7.11 Å². The number of hydrogen-bond donors (Lipinski definition) is 1. The molecule has 0 fully saturated rings. The Labute approximate surface area is 186 Å². The molecule has 2 aromatic carbocycles. The molecule has 0 atom stereocenters. The number of hydrogen-bond acceptors (Lipinski definition) is 4. The monoisotopic (exact) mass is 522 g/mol. The molecule has 5 nitrogen and oxygen atoms in total. The van der Waals surface area contributed by atoms with Crippen LogP contribution in [0.3, 0.4) is 0 Å². The number of benzene rings is 2. The number of aromatic nitrogens is 1. The van der Waals surface area contributed by atoms with E-state index in [0.29, 0.717) is 16.9 Å². The van der Waals surface area contributed by atoms with Gasteiger partial charge >= 0.3 is 0 Å². The molecule has 0 bridgehead atoms. The van der Waals surface area contributed by atoms with Gasteiger partial charge in [0.1, 0.15) is 5.75 Å². The van der Waals surface area contributed by atoms with E-state index in [1.54, 1.807) is 25.3 Å². The molecule has 0 aliphatic carbocycles. The summed E-state index contributed by atoms with van der Waals surface area (Å²) in [5.41, 5.74) is 5.20. The molecule has 1 aromatic heterocycles. The molecule has 0 saturated carbocycles. The molecule has 0 spiro atoms. The van der Waals surface area contributed by atoms with Gasteiger partial charge in [-0.3, -0.25) is 4.79 Å². The van der Waals surface area contributed by atoms with Crippen LogP contribution in [0, 0.1) is 0 Å². The van der Waals surface area contributed by atoms with Gasteiger partial charge in [0.25, 0.3) is 5.91 Å². The van der Waals surface area contributed by atoms with Crippen LogP contribution in [0.5, 0.6) is 5.75 Å². The average Bonchev–Trinajstić information content (AvgIpc) is 3.09. The Hall–Kier alpha value is -2.16. The summed E-state index contributed by atoms with van der Waals surface area (Å²) in [5.74, 6) is 0.544. The van der Waals surface area contributed by atoms with E-state index in [1.165, 1.54) is 11.3 Å². The maximum atomic E-state index is 12.3. The lowest BCUT2D eigenvalue weighted by Crippen LogP contribution is -3.00. The summed E-state index contributed by atoms with van der Waals surface area (Å²) in [6.07, 6.45) is 1.80. The first-order chi connectivity index (χ1) is 13.1. The van der Waals surface area contributed by atoms with Crippen LogP contribution in [0.4, 0.5) is 0 Å². The SMILES string of the molecule is C=CCn1c(-c2ccc(OC)cc2)cs/c1=N/NC(=O)c1ccc(Br)cc1.[Br-]. The van der Waals surface area contributed by atoms with Gasteiger partial charge in [-0.15, -0.1) is 23.0 Å². The van der Waals surface area contributed by atoms with Crippen molar-refractivity contribution in [3.8, 4) is 17.0 Å². The number of carbonyl (C=O) groups excluding carboxylic acids is 1. The Morgan fingerprint density at radius 3 is 2.54 bits per heavy atom. The Morgan fingerprint density at radius 1 is 1.25 bits per heavy atom. The highest BCUT2D eigenvalue weighted by Gasteiger charge is 2.09. The summed E-state index contributed by atoms with van der Waals surface area (Å²) in [6.45, 7) is 4.40. The molecular formula is C20H18Br2N3O2S-. The number of thiazole rings is 1. The molecule has 28 heavy (non-hydrogen) atoms. The first kappa shape index (κ1) is 22.1. The summed E-state index contributed by atoms with van der Waals surface area (Å²) in [5, 5.41) is 6.31. The molecular weight excluding hydrogens is 506 g/mol. The van der Waals surface area contributed by atoms with Gasteiger partial charge in [0.15, 0.2) is 0 Å². The summed E-state index contributed by atoms with van der Waals surface area (Å²) in [6, 6.07) is 14.9. The normalized spacial score (nSPS) is 10.9. The molecule has 8 heteroatoms. The number of rotatable bonds is 6. The minimum Gasteiger partial charge on any atom is -1.00 e. The van der Waals surface area contributed by atoms with Gasteiger partial charge in [0, 0.05) is 22.0 Å². The summed E-state index contributed by atoms with van der Waals surface area (Å²) >= 11 is 4.81. The van der Waals surface area contributed by atoms with E-state index in [9.17, 15) is 4.79 Å². The highest BCUT2D eigenvalue weighted by Crippen LogP contribution is 2.23. The third kappa shape index (κ3) is 5.21. The molecule has 0 aliphatic heterocycles. The Kier molecular flexibility index (Phi) is 8.22. The summed E-state index contributed by atoms with van der Waals surface area (Å²) < 4.78 is 8.13. The molecule has 146 valence electrons. The van der Waals surface area contributed by atoms with E-state index >= 15 is 0 Å². The van der Waals surface area contributed by atoms with Crippen molar-refractivity contribution >= 4 is 33.2 Å². The van der Waals surface area contributed by atoms with Gasteiger partial charge in [-0.05, 0) is 54.1 Å². The number of nitrogens with one attached hydrogen (secondary N) is 1. The molecule has 3 rings (SSSR count). The third-order valence-corrected chi connectivity index (χ3v) is 5.25. The number of halogens is 2. The number of nitrogens with zero attached hydrogens (tertiary/aromatic N) is 2. The molecule has 0 aliphatic rings. The topological polar surface area (TPSA) is 55.6 Å². The fourth-order valence-electron chi connectivity index (χ4n) is 2.48. The lowest BCUT2D eigenvalue weighted by atomic mass is 10.1. The van der Waals surface area contributed by atoms with Crippen molar-refractivity contribution in [2.45, 2.75) is 6.54 Å². The van der Waals surface area contributed by atoms with Gasteiger partial charge in [-0.1, -0.05) is 22.0 Å². The first-order valence-corrected chi connectivity index (χ1v) is 9.83. The molecule has 0 radical (unpaired) electrons. The van der Waals surface area contributed by atoms with E-state index in [4.69, 9.17) is 4.74 Å². The standard InChI is InChI=1S/C20H18BrN3O2S.BrH/c1-3-12-24-18(14-6-10-17(26-2)11-7-14)13-27-20(24)23-22-19(25)15-4-8-16(21)9-5-15;/h3-11,13H,1,12H2,2H3,(H,22,25);1H/p-1/b23-20+;. The van der Waals surface area contributed by atoms with E-state index in [1.807, 2.05) is 46.3 Å². The van der Waals surface area contributed by atoms with E-state index in [-0.39, 0.29) is 22.9 Å². The van der Waals surface area contributed by atoms with Gasteiger partial charge in [-0.2, -0.15) is 0 Å². The van der Waals surface area contributed by atoms with Crippen molar-refractivity contribution in [3.05, 3.63) is 81.4 Å². The highest BCUT2D eigenvalue weighted by atomic mass is 79.9. The van der Waals surface area contributed by atoms with Crippen molar-refractivity contribution < 1.29 is 26.5 Å². The van der Waals surface area contributed by atoms with E-state index in [0.717, 1.165) is 21.5 Å². The van der Waals surface area contributed by atoms with Crippen LogP contribution < -0.4 is 31.9 Å². The zero-order chi connectivity index (χ0) is 19.2. The third-order valence-electron chi connectivity index (χ3n) is 3.85. The number of amides is 1. The fraction of sp³-hybridized carbons (Fsp3) is 0.100. The Bertz CT molecular complexity index is 1010. The molecule has 1 N–H and O–H groups in total. The molecule has 1 heterocycles. The van der Waals surface area contributed by atoms with Gasteiger partial charge < -0.3 is 26.3 Å². The quantitative estimate of drug-likeness (QED) is 0.392.